The maximum atomic E-state index is 12.0. The zero-order valence-electron chi connectivity index (χ0n) is 13.6. The highest BCUT2D eigenvalue weighted by molar-refractivity contribution is 5.80. The fourth-order valence-corrected chi connectivity index (χ4v) is 2.03. The van der Waals surface area contributed by atoms with E-state index in [0.29, 0.717) is 24.4 Å². The third-order valence-corrected chi connectivity index (χ3v) is 3.59. The van der Waals surface area contributed by atoms with Crippen molar-refractivity contribution in [1.29, 1.82) is 0 Å². The highest BCUT2D eigenvalue weighted by Crippen LogP contribution is 2.10. The molecule has 23 heavy (non-hydrogen) atoms. The number of hydrogen-bond donors (Lipinski definition) is 1. The van der Waals surface area contributed by atoms with E-state index in [4.69, 9.17) is 4.74 Å². The van der Waals surface area contributed by atoms with E-state index in [1.54, 1.807) is 32.9 Å². The first-order valence-electron chi connectivity index (χ1n) is 7.51. The minimum atomic E-state index is -0.605. The van der Waals surface area contributed by atoms with E-state index in [0.717, 1.165) is 5.69 Å². The number of carbonyl (C=O) groups excluding carboxylic acids is 1. The number of para-hydroxylation sites is 1. The number of benzene rings is 1. The monoisotopic (exact) mass is 315 g/mol. The molecule has 1 N–H and O–H groups in total. The lowest BCUT2D eigenvalue weighted by Gasteiger charge is -2.15. The summed E-state index contributed by atoms with van der Waals surface area (Å²) in [6.45, 7) is 5.94. The van der Waals surface area contributed by atoms with Crippen LogP contribution in [0.5, 0.6) is 5.75 Å². The predicted octanol–water partition coefficient (Wildman–Crippen LogP) is 1.44. The molecule has 122 valence electrons. The molecule has 0 aliphatic rings. The molecular formula is C17H21N3O3. The first-order chi connectivity index (χ1) is 11.0. The second kappa shape index (κ2) is 7.58. The standard InChI is InChI=1S/C17H21N3O3/c1-12-13(2)19-11-20(17(12)22)10-9-18-16(21)14(3)23-15-7-5-4-6-8-15/h4-8,11,14H,9-10H2,1-3H3,(H,18,21). The molecule has 1 amide bonds. The van der Waals surface area contributed by atoms with Crippen LogP contribution >= 0.6 is 0 Å². The van der Waals surface area contributed by atoms with Crippen molar-refractivity contribution in [3.63, 3.8) is 0 Å². The molecule has 6 nitrogen and oxygen atoms in total. The van der Waals surface area contributed by atoms with Gasteiger partial charge in [0.15, 0.2) is 6.10 Å². The average molecular weight is 315 g/mol. The Labute approximate surface area is 135 Å². The van der Waals surface area contributed by atoms with Crippen molar-refractivity contribution in [1.82, 2.24) is 14.9 Å². The first-order valence-corrected chi connectivity index (χ1v) is 7.51. The largest absolute Gasteiger partial charge is 0.481 e. The lowest BCUT2D eigenvalue weighted by Crippen LogP contribution is -2.39. The Kier molecular flexibility index (Phi) is 5.51. The van der Waals surface area contributed by atoms with Crippen molar-refractivity contribution in [2.45, 2.75) is 33.4 Å². The van der Waals surface area contributed by atoms with Gasteiger partial charge in [-0.1, -0.05) is 18.2 Å². The first kappa shape index (κ1) is 16.7. The normalized spacial score (nSPS) is 11.8. The Hall–Kier alpha value is -2.63. The number of ether oxygens (including phenoxy) is 1. The van der Waals surface area contributed by atoms with Crippen LogP contribution in [0.4, 0.5) is 0 Å². The number of carbonyl (C=O) groups is 1. The highest BCUT2D eigenvalue weighted by Gasteiger charge is 2.14. The van der Waals surface area contributed by atoms with Crippen molar-refractivity contribution in [3.05, 3.63) is 58.3 Å². The van der Waals surface area contributed by atoms with E-state index in [9.17, 15) is 9.59 Å². The molecule has 1 heterocycles. The molecule has 0 bridgehead atoms. The van der Waals surface area contributed by atoms with E-state index in [2.05, 4.69) is 10.3 Å². The number of rotatable bonds is 6. The maximum Gasteiger partial charge on any atom is 0.260 e. The Morgan fingerprint density at radius 1 is 1.30 bits per heavy atom. The summed E-state index contributed by atoms with van der Waals surface area (Å²) in [6, 6.07) is 9.17. The molecule has 2 aromatic rings. The minimum absolute atomic E-state index is 0.0830. The highest BCUT2D eigenvalue weighted by atomic mass is 16.5. The van der Waals surface area contributed by atoms with Crippen molar-refractivity contribution in [2.24, 2.45) is 0 Å². The predicted molar refractivity (Wildman–Crippen MR) is 87.5 cm³/mol. The number of amides is 1. The number of aryl methyl sites for hydroxylation is 1. The summed E-state index contributed by atoms with van der Waals surface area (Å²) in [7, 11) is 0. The quantitative estimate of drug-likeness (QED) is 0.875. The SMILES string of the molecule is Cc1ncn(CCNC(=O)C(C)Oc2ccccc2)c(=O)c1C. The number of hydrogen-bond acceptors (Lipinski definition) is 4. The second-order valence-corrected chi connectivity index (χ2v) is 5.32. The molecule has 0 radical (unpaired) electrons. The Bertz CT molecular complexity index is 726. The second-order valence-electron chi connectivity index (χ2n) is 5.32. The topological polar surface area (TPSA) is 73.2 Å². The summed E-state index contributed by atoms with van der Waals surface area (Å²) in [5.74, 6) is 0.420. The molecule has 1 atom stereocenters. The number of aromatic nitrogens is 2. The fraction of sp³-hybridized carbons (Fsp3) is 0.353. The molecule has 2 rings (SSSR count). The lowest BCUT2D eigenvalue weighted by atomic mass is 10.3. The molecule has 1 unspecified atom stereocenters. The lowest BCUT2D eigenvalue weighted by molar-refractivity contribution is -0.127. The van der Waals surface area contributed by atoms with Gasteiger partial charge in [0.2, 0.25) is 0 Å². The Balaban J connectivity index is 1.85. The smallest absolute Gasteiger partial charge is 0.260 e. The van der Waals surface area contributed by atoms with Crippen LogP contribution in [-0.4, -0.2) is 28.1 Å². The summed E-state index contributed by atoms with van der Waals surface area (Å²) >= 11 is 0. The minimum Gasteiger partial charge on any atom is -0.481 e. The van der Waals surface area contributed by atoms with Gasteiger partial charge in [0, 0.05) is 24.3 Å². The molecule has 1 aromatic heterocycles. The van der Waals surface area contributed by atoms with Crippen LogP contribution in [0.15, 0.2) is 41.5 Å². The van der Waals surface area contributed by atoms with Gasteiger partial charge in [-0.15, -0.1) is 0 Å². The van der Waals surface area contributed by atoms with Gasteiger partial charge in [-0.3, -0.25) is 14.2 Å². The van der Waals surface area contributed by atoms with E-state index in [-0.39, 0.29) is 11.5 Å². The molecule has 0 spiro atoms. The maximum absolute atomic E-state index is 12.0. The van der Waals surface area contributed by atoms with Crippen molar-refractivity contribution in [2.75, 3.05) is 6.54 Å². The summed E-state index contributed by atoms with van der Waals surface area (Å²) in [6.07, 6.45) is 0.896. The van der Waals surface area contributed by atoms with E-state index < -0.39 is 6.10 Å². The van der Waals surface area contributed by atoms with Crippen molar-refractivity contribution < 1.29 is 9.53 Å². The van der Waals surface area contributed by atoms with Gasteiger partial charge in [0.05, 0.1) is 6.33 Å². The van der Waals surface area contributed by atoms with Gasteiger partial charge < -0.3 is 10.1 Å². The fourth-order valence-electron chi connectivity index (χ4n) is 2.03. The number of nitrogens with one attached hydrogen (secondary N) is 1. The van der Waals surface area contributed by atoms with Crippen LogP contribution in [0.1, 0.15) is 18.2 Å². The van der Waals surface area contributed by atoms with Crippen molar-refractivity contribution >= 4 is 5.91 Å². The zero-order valence-corrected chi connectivity index (χ0v) is 13.6. The van der Waals surface area contributed by atoms with Crippen LogP contribution in [0.25, 0.3) is 0 Å². The van der Waals surface area contributed by atoms with E-state index in [1.165, 1.54) is 10.9 Å². The van der Waals surface area contributed by atoms with Crippen LogP contribution in [0, 0.1) is 13.8 Å². The molecule has 6 heteroatoms. The van der Waals surface area contributed by atoms with E-state index in [1.807, 2.05) is 18.2 Å². The molecule has 0 aliphatic carbocycles. The van der Waals surface area contributed by atoms with Gasteiger partial charge in [-0.05, 0) is 32.9 Å². The molecule has 1 aromatic carbocycles. The van der Waals surface area contributed by atoms with Gasteiger partial charge in [-0.25, -0.2) is 4.98 Å². The Morgan fingerprint density at radius 3 is 2.70 bits per heavy atom. The molecule has 0 saturated carbocycles. The van der Waals surface area contributed by atoms with Gasteiger partial charge in [0.25, 0.3) is 11.5 Å². The van der Waals surface area contributed by atoms with Gasteiger partial charge in [0.1, 0.15) is 5.75 Å². The van der Waals surface area contributed by atoms with Crippen molar-refractivity contribution in [3.8, 4) is 5.75 Å². The van der Waals surface area contributed by atoms with Crippen LogP contribution in [0.3, 0.4) is 0 Å². The van der Waals surface area contributed by atoms with E-state index >= 15 is 0 Å². The third kappa shape index (κ3) is 4.42. The molecular weight excluding hydrogens is 294 g/mol. The van der Waals surface area contributed by atoms with Crippen LogP contribution in [-0.2, 0) is 11.3 Å². The van der Waals surface area contributed by atoms with Crippen LogP contribution < -0.4 is 15.6 Å². The zero-order chi connectivity index (χ0) is 16.8. The summed E-state index contributed by atoms with van der Waals surface area (Å²) in [5.41, 5.74) is 1.26. The summed E-state index contributed by atoms with van der Waals surface area (Å²) < 4.78 is 7.04. The molecule has 0 saturated heterocycles. The summed E-state index contributed by atoms with van der Waals surface area (Å²) in [5, 5.41) is 2.76. The third-order valence-electron chi connectivity index (χ3n) is 3.59. The molecule has 0 aliphatic heterocycles. The van der Waals surface area contributed by atoms with Crippen LogP contribution in [0.2, 0.25) is 0 Å². The average Bonchev–Trinajstić information content (AvgIpc) is 2.55. The van der Waals surface area contributed by atoms with Gasteiger partial charge in [-0.2, -0.15) is 0 Å². The van der Waals surface area contributed by atoms with Gasteiger partial charge >= 0.3 is 0 Å². The molecule has 0 fully saturated rings. The Morgan fingerprint density at radius 2 is 2.00 bits per heavy atom. The number of nitrogens with zero attached hydrogens (tertiary/aromatic N) is 2. The summed E-state index contributed by atoms with van der Waals surface area (Å²) in [4.78, 5) is 28.2.